The molecule has 5 heteroatoms. The van der Waals surface area contributed by atoms with E-state index >= 15 is 0 Å². The molecule has 1 fully saturated rings. The number of nitrogens with zero attached hydrogens (tertiary/aromatic N) is 3. The molecule has 1 aliphatic rings. The average Bonchev–Trinajstić information content (AvgIpc) is 2.58. The molecule has 1 aromatic carbocycles. The second kappa shape index (κ2) is 7.53. The van der Waals surface area contributed by atoms with Crippen molar-refractivity contribution >= 4 is 0 Å². The molecule has 122 valence electrons. The van der Waals surface area contributed by atoms with Crippen molar-refractivity contribution in [2.24, 2.45) is 0 Å². The van der Waals surface area contributed by atoms with Crippen molar-refractivity contribution in [1.29, 1.82) is 0 Å². The molecule has 1 aliphatic heterocycles. The Balaban J connectivity index is 1.64. The molecule has 0 radical (unpaired) electrons. The molecule has 2 heterocycles. The highest BCUT2D eigenvalue weighted by Crippen LogP contribution is 2.22. The van der Waals surface area contributed by atoms with E-state index in [4.69, 9.17) is 9.47 Å². The van der Waals surface area contributed by atoms with E-state index in [9.17, 15) is 0 Å². The van der Waals surface area contributed by atoms with Crippen LogP contribution in [0.25, 0.3) is 11.3 Å². The van der Waals surface area contributed by atoms with Crippen LogP contribution in [0, 0.1) is 6.92 Å². The Morgan fingerprint density at radius 3 is 2.61 bits per heavy atom. The molecule has 1 atom stereocenters. The first-order valence-corrected chi connectivity index (χ1v) is 8.09. The Hall–Kier alpha value is -1.98. The Bertz CT molecular complexity index is 627. The van der Waals surface area contributed by atoms with Gasteiger partial charge in [-0.3, -0.25) is 4.90 Å². The third-order valence-corrected chi connectivity index (χ3v) is 3.94. The van der Waals surface area contributed by atoms with Crippen LogP contribution in [0.2, 0.25) is 0 Å². The largest absolute Gasteiger partial charge is 0.472 e. The van der Waals surface area contributed by atoms with Gasteiger partial charge in [0.2, 0.25) is 5.88 Å². The summed E-state index contributed by atoms with van der Waals surface area (Å²) in [6, 6.07) is 12.1. The molecule has 0 unspecified atom stereocenters. The van der Waals surface area contributed by atoms with E-state index in [1.807, 2.05) is 43.3 Å². The Labute approximate surface area is 137 Å². The topological polar surface area (TPSA) is 47.5 Å². The number of rotatable bonds is 5. The smallest absolute Gasteiger partial charge is 0.236 e. The molecular weight excluding hydrogens is 290 g/mol. The highest BCUT2D eigenvalue weighted by atomic mass is 16.5. The molecule has 5 nitrogen and oxygen atoms in total. The summed E-state index contributed by atoms with van der Waals surface area (Å²) in [7, 11) is 0. The van der Waals surface area contributed by atoms with Crippen molar-refractivity contribution in [3.8, 4) is 17.1 Å². The summed E-state index contributed by atoms with van der Waals surface area (Å²) in [5.41, 5.74) is 2.94. The van der Waals surface area contributed by atoms with Crippen LogP contribution in [0.4, 0.5) is 0 Å². The number of hydrogen-bond acceptors (Lipinski definition) is 5. The van der Waals surface area contributed by atoms with Crippen molar-refractivity contribution in [1.82, 2.24) is 15.1 Å². The maximum atomic E-state index is 5.98. The van der Waals surface area contributed by atoms with Crippen LogP contribution in [0.15, 0.2) is 36.4 Å². The lowest BCUT2D eigenvalue weighted by atomic mass is 10.1. The molecule has 2 aromatic rings. The predicted molar refractivity (Wildman–Crippen MR) is 89.6 cm³/mol. The minimum absolute atomic E-state index is 0.0728. The first-order valence-electron chi connectivity index (χ1n) is 8.09. The summed E-state index contributed by atoms with van der Waals surface area (Å²) in [6.45, 7) is 8.50. The molecule has 23 heavy (non-hydrogen) atoms. The zero-order valence-electron chi connectivity index (χ0n) is 13.7. The van der Waals surface area contributed by atoms with Crippen molar-refractivity contribution in [3.63, 3.8) is 0 Å². The third-order valence-electron chi connectivity index (χ3n) is 3.94. The van der Waals surface area contributed by atoms with E-state index in [0.717, 1.165) is 49.7 Å². The number of hydrogen-bond donors (Lipinski definition) is 0. The monoisotopic (exact) mass is 313 g/mol. The lowest BCUT2D eigenvalue weighted by molar-refractivity contribution is 0.0211. The van der Waals surface area contributed by atoms with Crippen molar-refractivity contribution in [2.75, 3.05) is 32.8 Å². The molecule has 0 N–H and O–H groups in total. The van der Waals surface area contributed by atoms with Crippen molar-refractivity contribution < 1.29 is 9.47 Å². The maximum absolute atomic E-state index is 5.98. The van der Waals surface area contributed by atoms with Crippen LogP contribution in [0.1, 0.15) is 12.5 Å². The molecule has 0 spiro atoms. The van der Waals surface area contributed by atoms with E-state index < -0.39 is 0 Å². The van der Waals surface area contributed by atoms with Gasteiger partial charge in [0.15, 0.2) is 0 Å². The second-order valence-electron chi connectivity index (χ2n) is 5.93. The second-order valence-corrected chi connectivity index (χ2v) is 5.93. The highest BCUT2D eigenvalue weighted by molar-refractivity contribution is 5.59. The number of morpholine rings is 1. The van der Waals surface area contributed by atoms with Gasteiger partial charge in [0.25, 0.3) is 0 Å². The lowest BCUT2D eigenvalue weighted by Gasteiger charge is -2.29. The van der Waals surface area contributed by atoms with Gasteiger partial charge in [-0.2, -0.15) is 0 Å². The lowest BCUT2D eigenvalue weighted by Crippen LogP contribution is -2.41. The standard InChI is InChI=1S/C18H23N3O2/c1-14-12-17(16-6-4-3-5-7-16)19-20-18(14)23-15(2)13-21-8-10-22-11-9-21/h3-7,12,15H,8-11,13H2,1-2H3/t15-/m1/s1. The SMILES string of the molecule is Cc1cc(-c2ccccc2)nnc1O[C@H](C)CN1CCOCC1. The molecule has 0 aliphatic carbocycles. The van der Waals surface area contributed by atoms with Gasteiger partial charge in [0.05, 0.1) is 18.9 Å². The summed E-state index contributed by atoms with van der Waals surface area (Å²) >= 11 is 0. The Kier molecular flexibility index (Phi) is 5.20. The van der Waals surface area contributed by atoms with Gasteiger partial charge in [0, 0.05) is 30.8 Å². The maximum Gasteiger partial charge on any atom is 0.236 e. The molecular formula is C18H23N3O2. The summed E-state index contributed by atoms with van der Waals surface area (Å²) in [4.78, 5) is 2.36. The third kappa shape index (κ3) is 4.27. The summed E-state index contributed by atoms with van der Waals surface area (Å²) in [5.74, 6) is 0.616. The van der Waals surface area contributed by atoms with E-state index in [0.29, 0.717) is 5.88 Å². The van der Waals surface area contributed by atoms with E-state index in [2.05, 4.69) is 22.0 Å². The fourth-order valence-electron chi connectivity index (χ4n) is 2.72. The van der Waals surface area contributed by atoms with Crippen molar-refractivity contribution in [2.45, 2.75) is 20.0 Å². The van der Waals surface area contributed by atoms with Gasteiger partial charge in [0.1, 0.15) is 6.10 Å². The summed E-state index contributed by atoms with van der Waals surface area (Å²) in [5, 5.41) is 8.57. The molecule has 1 aromatic heterocycles. The number of benzene rings is 1. The van der Waals surface area contributed by atoms with Crippen LogP contribution in [0.5, 0.6) is 5.88 Å². The minimum Gasteiger partial charge on any atom is -0.472 e. The van der Waals surface area contributed by atoms with Crippen LogP contribution in [0.3, 0.4) is 0 Å². The van der Waals surface area contributed by atoms with Gasteiger partial charge in [-0.25, -0.2) is 0 Å². The van der Waals surface area contributed by atoms with E-state index in [1.165, 1.54) is 0 Å². The van der Waals surface area contributed by atoms with Crippen molar-refractivity contribution in [3.05, 3.63) is 42.0 Å². The van der Waals surface area contributed by atoms with Crippen LogP contribution in [-0.4, -0.2) is 54.0 Å². The van der Waals surface area contributed by atoms with E-state index in [1.54, 1.807) is 0 Å². The highest BCUT2D eigenvalue weighted by Gasteiger charge is 2.16. The van der Waals surface area contributed by atoms with Gasteiger partial charge in [-0.1, -0.05) is 30.3 Å². The average molecular weight is 313 g/mol. The quantitative estimate of drug-likeness (QED) is 0.849. The fraction of sp³-hybridized carbons (Fsp3) is 0.444. The normalized spacial score (nSPS) is 17.0. The predicted octanol–water partition coefficient (Wildman–Crippen LogP) is 2.55. The van der Waals surface area contributed by atoms with Gasteiger partial charge in [-0.15, -0.1) is 10.2 Å². The Morgan fingerprint density at radius 1 is 1.17 bits per heavy atom. The van der Waals surface area contributed by atoms with Gasteiger partial charge < -0.3 is 9.47 Å². The molecule has 3 rings (SSSR count). The van der Waals surface area contributed by atoms with E-state index in [-0.39, 0.29) is 6.10 Å². The minimum atomic E-state index is 0.0728. The van der Waals surface area contributed by atoms with Crippen LogP contribution in [-0.2, 0) is 4.74 Å². The fourth-order valence-corrected chi connectivity index (χ4v) is 2.72. The molecule has 1 saturated heterocycles. The summed E-state index contributed by atoms with van der Waals surface area (Å²) < 4.78 is 11.4. The molecule has 0 amide bonds. The zero-order valence-corrected chi connectivity index (χ0v) is 13.7. The zero-order chi connectivity index (χ0) is 16.1. The molecule has 0 saturated carbocycles. The van der Waals surface area contributed by atoms with Crippen LogP contribution >= 0.6 is 0 Å². The number of ether oxygens (including phenoxy) is 2. The number of aryl methyl sites for hydroxylation is 1. The first kappa shape index (κ1) is 15.9. The van der Waals surface area contributed by atoms with Crippen LogP contribution < -0.4 is 4.74 Å². The van der Waals surface area contributed by atoms with Gasteiger partial charge >= 0.3 is 0 Å². The van der Waals surface area contributed by atoms with Gasteiger partial charge in [-0.05, 0) is 19.9 Å². The number of aromatic nitrogens is 2. The summed E-state index contributed by atoms with van der Waals surface area (Å²) in [6.07, 6.45) is 0.0728. The first-order chi connectivity index (χ1) is 11.2. The molecule has 0 bridgehead atoms. The Morgan fingerprint density at radius 2 is 1.91 bits per heavy atom.